The molecule has 8 aromatic carbocycles. The van der Waals surface area contributed by atoms with Crippen molar-refractivity contribution in [3.63, 3.8) is 0 Å². The maximum absolute atomic E-state index is 6.84. The number of aromatic nitrogens is 3. The van der Waals surface area contributed by atoms with E-state index in [4.69, 9.17) is 19.4 Å². The molecule has 2 aromatic heterocycles. The molecule has 0 fully saturated rings. The van der Waals surface area contributed by atoms with Gasteiger partial charge in [0.25, 0.3) is 0 Å². The van der Waals surface area contributed by atoms with Crippen molar-refractivity contribution in [2.45, 2.75) is 12.3 Å². The Morgan fingerprint density at radius 1 is 0.414 bits per heavy atom. The van der Waals surface area contributed by atoms with E-state index < -0.39 is 5.41 Å². The van der Waals surface area contributed by atoms with E-state index in [1.165, 1.54) is 16.7 Å². The van der Waals surface area contributed by atoms with Crippen molar-refractivity contribution in [3.8, 4) is 34.2 Å². The lowest BCUT2D eigenvalue weighted by Gasteiger charge is -2.46. The molecule has 5 heteroatoms. The van der Waals surface area contributed by atoms with Crippen LogP contribution >= 0.6 is 0 Å². The van der Waals surface area contributed by atoms with Crippen LogP contribution in [0.4, 0.5) is 17.1 Å². The first-order valence-corrected chi connectivity index (χ1v) is 19.6. The van der Waals surface area contributed by atoms with Gasteiger partial charge in [0.15, 0.2) is 17.5 Å². The molecule has 0 radical (unpaired) electrons. The quantitative estimate of drug-likeness (QED) is 0.170. The molecule has 58 heavy (non-hydrogen) atoms. The zero-order valence-electron chi connectivity index (χ0n) is 31.7. The molecule has 0 saturated heterocycles. The second-order valence-electron chi connectivity index (χ2n) is 14.8. The van der Waals surface area contributed by atoms with Crippen LogP contribution in [-0.4, -0.2) is 15.0 Å². The van der Waals surface area contributed by atoms with Gasteiger partial charge in [-0.3, -0.25) is 0 Å². The van der Waals surface area contributed by atoms with Gasteiger partial charge in [0.1, 0.15) is 11.2 Å². The van der Waals surface area contributed by atoms with Gasteiger partial charge in [0.2, 0.25) is 0 Å². The van der Waals surface area contributed by atoms with Gasteiger partial charge in [0.05, 0.1) is 16.8 Å². The highest BCUT2D eigenvalue weighted by Gasteiger charge is 2.48. The van der Waals surface area contributed by atoms with E-state index in [1.807, 2.05) is 66.7 Å². The maximum Gasteiger partial charge on any atom is 0.164 e. The fraction of sp³-hybridized carbons (Fsp3) is 0.0377. The summed E-state index contributed by atoms with van der Waals surface area (Å²) in [6, 6.07) is 70.3. The Hall–Kier alpha value is -7.63. The van der Waals surface area contributed by atoms with Gasteiger partial charge >= 0.3 is 0 Å². The number of nitrogens with zero attached hydrogens (tertiary/aromatic N) is 4. The molecule has 274 valence electrons. The summed E-state index contributed by atoms with van der Waals surface area (Å²) in [5.74, 6) is 1.91. The SMILES string of the molecule is Cc1cc(-c2nc(-c3ccccc3)nc(-c3ccccc3)n2)ccc1N1c2ccccc2C(c2ccccc2)(c2cccc3c2oc2ccccc23)c2ccccc21. The predicted molar refractivity (Wildman–Crippen MR) is 235 cm³/mol. The Morgan fingerprint density at radius 3 is 1.53 bits per heavy atom. The summed E-state index contributed by atoms with van der Waals surface area (Å²) in [5, 5.41) is 2.22. The molecule has 5 nitrogen and oxygen atoms in total. The summed E-state index contributed by atoms with van der Waals surface area (Å²) in [6.45, 7) is 2.18. The van der Waals surface area contributed by atoms with Crippen molar-refractivity contribution >= 4 is 39.0 Å². The third-order valence-electron chi connectivity index (χ3n) is 11.5. The van der Waals surface area contributed by atoms with Crippen molar-refractivity contribution in [1.82, 2.24) is 15.0 Å². The molecule has 0 amide bonds. The van der Waals surface area contributed by atoms with Crippen LogP contribution in [0.15, 0.2) is 205 Å². The number of furan rings is 1. The third-order valence-corrected chi connectivity index (χ3v) is 11.5. The molecule has 10 aromatic rings. The van der Waals surface area contributed by atoms with E-state index in [0.717, 1.165) is 66.8 Å². The van der Waals surface area contributed by atoms with E-state index in [0.29, 0.717) is 17.5 Å². The number of rotatable bonds is 6. The van der Waals surface area contributed by atoms with Crippen molar-refractivity contribution in [2.75, 3.05) is 4.90 Å². The number of anilines is 3. The first-order chi connectivity index (χ1) is 28.7. The first kappa shape index (κ1) is 33.7. The molecule has 11 rings (SSSR count). The molecule has 0 saturated carbocycles. The monoisotopic (exact) mass is 744 g/mol. The zero-order chi connectivity index (χ0) is 38.6. The largest absolute Gasteiger partial charge is 0.456 e. The Kier molecular flexibility index (Phi) is 7.86. The molecule has 1 aliphatic rings. The number of hydrogen-bond donors (Lipinski definition) is 0. The van der Waals surface area contributed by atoms with Crippen molar-refractivity contribution < 1.29 is 4.42 Å². The zero-order valence-corrected chi connectivity index (χ0v) is 31.7. The third kappa shape index (κ3) is 5.21. The van der Waals surface area contributed by atoms with E-state index in [1.54, 1.807) is 0 Å². The predicted octanol–water partition coefficient (Wildman–Crippen LogP) is 13.2. The minimum absolute atomic E-state index is 0.629. The fourth-order valence-electron chi connectivity index (χ4n) is 8.98. The van der Waals surface area contributed by atoms with Crippen LogP contribution in [-0.2, 0) is 5.41 Å². The Bertz CT molecular complexity index is 3030. The normalized spacial score (nSPS) is 13.0. The lowest BCUT2D eigenvalue weighted by atomic mass is 9.62. The highest BCUT2D eigenvalue weighted by Crippen LogP contribution is 2.59. The van der Waals surface area contributed by atoms with Crippen LogP contribution < -0.4 is 4.90 Å². The average Bonchev–Trinajstić information content (AvgIpc) is 3.68. The van der Waals surface area contributed by atoms with Crippen LogP contribution in [0.2, 0.25) is 0 Å². The highest BCUT2D eigenvalue weighted by atomic mass is 16.3. The number of aryl methyl sites for hydroxylation is 1. The summed E-state index contributed by atoms with van der Waals surface area (Å²) in [5.41, 5.74) is 12.9. The van der Waals surface area contributed by atoms with Gasteiger partial charge in [-0.05, 0) is 65.6 Å². The van der Waals surface area contributed by atoms with Gasteiger partial charge in [0, 0.05) is 38.7 Å². The molecule has 0 unspecified atom stereocenters. The number of para-hydroxylation sites is 4. The van der Waals surface area contributed by atoms with Crippen LogP contribution in [0.5, 0.6) is 0 Å². The van der Waals surface area contributed by atoms with Crippen molar-refractivity contribution in [3.05, 3.63) is 228 Å². The molecule has 3 heterocycles. The minimum atomic E-state index is -0.696. The van der Waals surface area contributed by atoms with E-state index in [-0.39, 0.29) is 0 Å². The van der Waals surface area contributed by atoms with Gasteiger partial charge in [-0.1, -0.05) is 164 Å². The van der Waals surface area contributed by atoms with Crippen molar-refractivity contribution in [1.29, 1.82) is 0 Å². The Morgan fingerprint density at radius 2 is 0.914 bits per heavy atom. The topological polar surface area (TPSA) is 55.1 Å². The molecule has 0 N–H and O–H groups in total. The summed E-state index contributed by atoms with van der Waals surface area (Å²) >= 11 is 0. The van der Waals surface area contributed by atoms with E-state index in [9.17, 15) is 0 Å². The standard InChI is InChI=1S/C53H36N4O/c1-35-34-38(52-55-50(36-18-5-2-6-19-36)54-51(56-52)37-20-7-3-8-21-37)32-33-45(35)57-46-29-14-12-26-42(46)53(39-22-9-4-10-23-39,43-27-13-15-30-47(43)57)44-28-17-25-41-40-24-11-16-31-48(40)58-49(41)44/h2-34H,1H3. The van der Waals surface area contributed by atoms with Crippen LogP contribution in [0.3, 0.4) is 0 Å². The Labute approximate surface area is 336 Å². The molecule has 0 atom stereocenters. The molecular weight excluding hydrogens is 709 g/mol. The molecule has 0 aliphatic carbocycles. The lowest BCUT2D eigenvalue weighted by molar-refractivity contribution is 0.643. The van der Waals surface area contributed by atoms with Gasteiger partial charge < -0.3 is 9.32 Å². The van der Waals surface area contributed by atoms with E-state index in [2.05, 4.69) is 145 Å². The first-order valence-electron chi connectivity index (χ1n) is 19.6. The van der Waals surface area contributed by atoms with Gasteiger partial charge in [-0.2, -0.15) is 0 Å². The highest BCUT2D eigenvalue weighted by molar-refractivity contribution is 6.07. The molecular formula is C53H36N4O. The summed E-state index contributed by atoms with van der Waals surface area (Å²) in [6.07, 6.45) is 0. The van der Waals surface area contributed by atoms with Crippen LogP contribution in [0.1, 0.15) is 27.8 Å². The summed E-state index contributed by atoms with van der Waals surface area (Å²) in [4.78, 5) is 17.4. The second-order valence-corrected chi connectivity index (χ2v) is 14.8. The molecule has 0 bridgehead atoms. The number of fused-ring (bicyclic) bond motifs is 5. The van der Waals surface area contributed by atoms with E-state index >= 15 is 0 Å². The minimum Gasteiger partial charge on any atom is -0.456 e. The number of benzene rings is 8. The fourth-order valence-corrected chi connectivity index (χ4v) is 8.98. The second kappa shape index (κ2) is 13.5. The van der Waals surface area contributed by atoms with Gasteiger partial charge in [-0.15, -0.1) is 0 Å². The number of hydrogen-bond acceptors (Lipinski definition) is 5. The Balaban J connectivity index is 1.12. The van der Waals surface area contributed by atoms with Crippen LogP contribution in [0.25, 0.3) is 56.1 Å². The average molecular weight is 745 g/mol. The summed E-state index contributed by atoms with van der Waals surface area (Å²) in [7, 11) is 0. The van der Waals surface area contributed by atoms with Crippen molar-refractivity contribution in [2.24, 2.45) is 0 Å². The van der Waals surface area contributed by atoms with Gasteiger partial charge in [-0.25, -0.2) is 15.0 Å². The summed E-state index contributed by atoms with van der Waals surface area (Å²) < 4.78 is 6.84. The molecule has 1 aliphatic heterocycles. The maximum atomic E-state index is 6.84. The van der Waals surface area contributed by atoms with Crippen LogP contribution in [0, 0.1) is 6.92 Å². The smallest absolute Gasteiger partial charge is 0.164 e. The lowest BCUT2D eigenvalue weighted by Crippen LogP contribution is -2.38. The molecule has 0 spiro atoms.